The van der Waals surface area contributed by atoms with Gasteiger partial charge >= 0.3 is 0 Å². The van der Waals surface area contributed by atoms with Gasteiger partial charge in [0.2, 0.25) is 0 Å². The molecule has 0 aliphatic carbocycles. The van der Waals surface area contributed by atoms with Gasteiger partial charge in [0.1, 0.15) is 18.0 Å². The molecule has 2 saturated heterocycles. The van der Waals surface area contributed by atoms with Crippen molar-refractivity contribution < 1.29 is 4.74 Å². The van der Waals surface area contributed by atoms with Crippen LogP contribution < -0.4 is 9.80 Å². The standard InChI is InChI=1S/C19H26N6O/c1-2-5-20-17(3-1)4-6-23-7-9-24(10-8-23)18-15-19(22-16-21-18)25-11-13-26-14-12-25/h1-3,5,15-16H,4,6-14H2. The fourth-order valence-corrected chi connectivity index (χ4v) is 3.49. The smallest absolute Gasteiger partial charge is 0.134 e. The fourth-order valence-electron chi connectivity index (χ4n) is 3.49. The van der Waals surface area contributed by atoms with Gasteiger partial charge in [-0.1, -0.05) is 6.07 Å². The Morgan fingerprint density at radius 1 is 0.846 bits per heavy atom. The van der Waals surface area contributed by atoms with Crippen LogP contribution in [0, 0.1) is 0 Å². The highest BCUT2D eigenvalue weighted by atomic mass is 16.5. The van der Waals surface area contributed by atoms with E-state index in [2.05, 4.69) is 47.9 Å². The van der Waals surface area contributed by atoms with Crippen LogP contribution in [0.25, 0.3) is 0 Å². The normalized spacial score (nSPS) is 18.9. The van der Waals surface area contributed by atoms with Crippen molar-refractivity contribution in [3.8, 4) is 0 Å². The van der Waals surface area contributed by atoms with Crippen LogP contribution in [0.3, 0.4) is 0 Å². The lowest BCUT2D eigenvalue weighted by molar-refractivity contribution is 0.122. The summed E-state index contributed by atoms with van der Waals surface area (Å²) in [6, 6.07) is 8.25. The molecular weight excluding hydrogens is 328 g/mol. The maximum atomic E-state index is 5.43. The molecule has 0 N–H and O–H groups in total. The predicted octanol–water partition coefficient (Wildman–Crippen LogP) is 1.07. The molecule has 0 atom stereocenters. The Morgan fingerprint density at radius 3 is 2.27 bits per heavy atom. The first-order valence-electron chi connectivity index (χ1n) is 9.40. The third-order valence-corrected chi connectivity index (χ3v) is 5.08. The largest absolute Gasteiger partial charge is 0.378 e. The van der Waals surface area contributed by atoms with Crippen LogP contribution in [0.1, 0.15) is 5.69 Å². The van der Waals surface area contributed by atoms with Gasteiger partial charge < -0.3 is 14.5 Å². The average molecular weight is 354 g/mol. The lowest BCUT2D eigenvalue weighted by Crippen LogP contribution is -2.47. The second-order valence-corrected chi connectivity index (χ2v) is 6.73. The van der Waals surface area contributed by atoms with E-state index in [1.54, 1.807) is 6.33 Å². The molecule has 2 fully saturated rings. The first-order valence-corrected chi connectivity index (χ1v) is 9.40. The van der Waals surface area contributed by atoms with Crippen molar-refractivity contribution in [2.45, 2.75) is 6.42 Å². The van der Waals surface area contributed by atoms with E-state index in [1.165, 1.54) is 5.69 Å². The Hall–Kier alpha value is -2.25. The summed E-state index contributed by atoms with van der Waals surface area (Å²) in [6.07, 6.45) is 4.57. The number of pyridine rings is 1. The minimum Gasteiger partial charge on any atom is -0.378 e. The summed E-state index contributed by atoms with van der Waals surface area (Å²) in [5.74, 6) is 2.04. The molecule has 138 valence electrons. The van der Waals surface area contributed by atoms with Gasteiger partial charge in [0.05, 0.1) is 13.2 Å². The first-order chi connectivity index (χ1) is 12.9. The molecule has 0 bridgehead atoms. The van der Waals surface area contributed by atoms with E-state index < -0.39 is 0 Å². The van der Waals surface area contributed by atoms with E-state index in [0.717, 1.165) is 77.1 Å². The second-order valence-electron chi connectivity index (χ2n) is 6.73. The highest BCUT2D eigenvalue weighted by Gasteiger charge is 2.20. The van der Waals surface area contributed by atoms with Gasteiger partial charge in [0, 0.05) is 70.2 Å². The van der Waals surface area contributed by atoms with E-state index >= 15 is 0 Å². The predicted molar refractivity (Wildman–Crippen MR) is 102 cm³/mol. The van der Waals surface area contributed by atoms with Gasteiger partial charge in [-0.2, -0.15) is 0 Å². The summed E-state index contributed by atoms with van der Waals surface area (Å²) in [6.45, 7) is 8.53. The van der Waals surface area contributed by atoms with Gasteiger partial charge in [-0.15, -0.1) is 0 Å². The Bertz CT molecular complexity index is 683. The minimum atomic E-state index is 0.772. The lowest BCUT2D eigenvalue weighted by atomic mass is 10.2. The number of piperazine rings is 1. The maximum absolute atomic E-state index is 5.43. The summed E-state index contributed by atoms with van der Waals surface area (Å²) >= 11 is 0. The number of aromatic nitrogens is 3. The van der Waals surface area contributed by atoms with Crippen LogP contribution >= 0.6 is 0 Å². The molecule has 0 spiro atoms. The number of ether oxygens (including phenoxy) is 1. The third kappa shape index (κ3) is 4.28. The highest BCUT2D eigenvalue weighted by molar-refractivity contribution is 5.50. The number of nitrogens with zero attached hydrogens (tertiary/aromatic N) is 6. The van der Waals surface area contributed by atoms with Crippen LogP contribution in [-0.2, 0) is 11.2 Å². The topological polar surface area (TPSA) is 57.6 Å². The molecule has 2 aromatic heterocycles. The van der Waals surface area contributed by atoms with Crippen molar-refractivity contribution in [3.63, 3.8) is 0 Å². The van der Waals surface area contributed by atoms with Crippen LogP contribution in [-0.4, -0.2) is 78.9 Å². The van der Waals surface area contributed by atoms with Crippen molar-refractivity contribution in [2.24, 2.45) is 0 Å². The summed E-state index contributed by atoms with van der Waals surface area (Å²) in [4.78, 5) is 20.5. The molecule has 0 saturated carbocycles. The molecule has 2 aliphatic rings. The summed E-state index contributed by atoms with van der Waals surface area (Å²) in [5.41, 5.74) is 1.17. The lowest BCUT2D eigenvalue weighted by Gasteiger charge is -2.36. The highest BCUT2D eigenvalue weighted by Crippen LogP contribution is 2.19. The van der Waals surface area contributed by atoms with Gasteiger partial charge in [0.15, 0.2) is 0 Å². The van der Waals surface area contributed by atoms with Crippen molar-refractivity contribution in [1.82, 2.24) is 19.9 Å². The van der Waals surface area contributed by atoms with Crippen LogP contribution in [0.2, 0.25) is 0 Å². The van der Waals surface area contributed by atoms with Gasteiger partial charge in [0.25, 0.3) is 0 Å². The Kier molecular flexibility index (Phi) is 5.56. The zero-order valence-corrected chi connectivity index (χ0v) is 15.1. The maximum Gasteiger partial charge on any atom is 0.134 e. The number of hydrogen-bond donors (Lipinski definition) is 0. The number of morpholine rings is 1. The Labute approximate surface area is 154 Å². The van der Waals surface area contributed by atoms with Crippen LogP contribution in [0.5, 0.6) is 0 Å². The average Bonchev–Trinajstić information content (AvgIpc) is 2.74. The number of anilines is 2. The molecule has 0 amide bonds. The monoisotopic (exact) mass is 354 g/mol. The van der Waals surface area contributed by atoms with Crippen LogP contribution in [0.4, 0.5) is 11.6 Å². The van der Waals surface area contributed by atoms with E-state index in [-0.39, 0.29) is 0 Å². The van der Waals surface area contributed by atoms with E-state index in [4.69, 9.17) is 4.74 Å². The molecule has 7 nitrogen and oxygen atoms in total. The zero-order chi connectivity index (χ0) is 17.6. The molecule has 26 heavy (non-hydrogen) atoms. The van der Waals surface area contributed by atoms with Gasteiger partial charge in [-0.25, -0.2) is 9.97 Å². The SMILES string of the molecule is c1ccc(CCN2CCN(c3cc(N4CCOCC4)ncn3)CC2)nc1. The second kappa shape index (κ2) is 8.42. The summed E-state index contributed by atoms with van der Waals surface area (Å²) in [5, 5.41) is 0. The van der Waals surface area contributed by atoms with Crippen molar-refractivity contribution in [3.05, 3.63) is 42.5 Å². The van der Waals surface area contributed by atoms with Crippen molar-refractivity contribution in [1.29, 1.82) is 0 Å². The van der Waals surface area contributed by atoms with E-state index in [0.29, 0.717) is 0 Å². The van der Waals surface area contributed by atoms with Crippen molar-refractivity contribution in [2.75, 3.05) is 68.8 Å². The number of hydrogen-bond acceptors (Lipinski definition) is 7. The molecule has 7 heteroatoms. The van der Waals surface area contributed by atoms with E-state index in [1.807, 2.05) is 12.3 Å². The van der Waals surface area contributed by atoms with E-state index in [9.17, 15) is 0 Å². The molecular formula is C19H26N6O. The molecule has 4 heterocycles. The first kappa shape index (κ1) is 17.2. The Balaban J connectivity index is 1.30. The summed E-state index contributed by atoms with van der Waals surface area (Å²) in [7, 11) is 0. The molecule has 0 unspecified atom stereocenters. The van der Waals surface area contributed by atoms with Crippen molar-refractivity contribution >= 4 is 11.6 Å². The Morgan fingerprint density at radius 2 is 1.58 bits per heavy atom. The van der Waals surface area contributed by atoms with Gasteiger partial charge in [-0.05, 0) is 12.1 Å². The molecule has 2 aliphatic heterocycles. The fraction of sp³-hybridized carbons (Fsp3) is 0.526. The third-order valence-electron chi connectivity index (χ3n) is 5.08. The molecule has 0 aromatic carbocycles. The quantitative estimate of drug-likeness (QED) is 0.796. The number of rotatable bonds is 5. The van der Waals surface area contributed by atoms with Gasteiger partial charge in [-0.3, -0.25) is 9.88 Å². The zero-order valence-electron chi connectivity index (χ0n) is 15.1. The molecule has 2 aromatic rings. The summed E-state index contributed by atoms with van der Waals surface area (Å²) < 4.78 is 5.43. The molecule has 4 rings (SSSR count). The minimum absolute atomic E-state index is 0.772. The molecule has 0 radical (unpaired) electrons. The van der Waals surface area contributed by atoms with Crippen LogP contribution in [0.15, 0.2) is 36.8 Å².